The predicted octanol–water partition coefficient (Wildman–Crippen LogP) is 4.48. The first-order valence-electron chi connectivity index (χ1n) is 5.67. The minimum absolute atomic E-state index is 0.107. The molecule has 0 aliphatic rings. The van der Waals surface area contributed by atoms with Gasteiger partial charge in [-0.2, -0.15) is 0 Å². The fourth-order valence-electron chi connectivity index (χ4n) is 1.72. The molecule has 0 fully saturated rings. The molecule has 0 saturated carbocycles. The van der Waals surface area contributed by atoms with Gasteiger partial charge in [0, 0.05) is 10.2 Å². The fourth-order valence-corrected chi connectivity index (χ4v) is 2.31. The van der Waals surface area contributed by atoms with Crippen molar-refractivity contribution in [1.82, 2.24) is 0 Å². The van der Waals surface area contributed by atoms with Gasteiger partial charge >= 0.3 is 5.97 Å². The van der Waals surface area contributed by atoms with E-state index in [9.17, 15) is 14.3 Å². The largest absolute Gasteiger partial charge is 0.479 e. The van der Waals surface area contributed by atoms with Crippen LogP contribution in [0.3, 0.4) is 0 Å². The van der Waals surface area contributed by atoms with Gasteiger partial charge in [0.25, 0.3) is 0 Å². The van der Waals surface area contributed by atoms with Gasteiger partial charge in [0.2, 0.25) is 0 Å². The number of carboxylic acids is 1. The van der Waals surface area contributed by atoms with Crippen molar-refractivity contribution < 1.29 is 14.3 Å². The highest BCUT2D eigenvalue weighted by Crippen LogP contribution is 2.25. The van der Waals surface area contributed by atoms with Crippen molar-refractivity contribution in [2.45, 2.75) is 6.04 Å². The average Bonchev–Trinajstić information content (AvgIpc) is 2.39. The second-order valence-corrected chi connectivity index (χ2v) is 5.42. The van der Waals surface area contributed by atoms with Crippen LogP contribution in [-0.4, -0.2) is 11.1 Å². The van der Waals surface area contributed by atoms with Crippen LogP contribution < -0.4 is 5.32 Å². The summed E-state index contributed by atoms with van der Waals surface area (Å²) in [4.78, 5) is 11.4. The van der Waals surface area contributed by atoms with E-state index < -0.39 is 17.8 Å². The number of carbonyl (C=O) groups is 1. The van der Waals surface area contributed by atoms with Crippen LogP contribution in [0.15, 0.2) is 46.9 Å². The molecule has 0 aliphatic carbocycles. The molecule has 2 N–H and O–H groups in total. The minimum atomic E-state index is -1.08. The highest BCUT2D eigenvalue weighted by atomic mass is 79.9. The van der Waals surface area contributed by atoms with Gasteiger partial charge in [-0.3, -0.25) is 0 Å². The Morgan fingerprint density at radius 2 is 2.05 bits per heavy atom. The van der Waals surface area contributed by atoms with E-state index in [1.54, 1.807) is 18.2 Å². The lowest BCUT2D eigenvalue weighted by Gasteiger charge is -2.16. The van der Waals surface area contributed by atoms with E-state index in [-0.39, 0.29) is 5.02 Å². The number of aliphatic carboxylic acids is 1. The Morgan fingerprint density at radius 3 is 2.65 bits per heavy atom. The van der Waals surface area contributed by atoms with Crippen LogP contribution in [0.2, 0.25) is 5.02 Å². The molecule has 1 atom stereocenters. The Morgan fingerprint density at radius 1 is 1.30 bits per heavy atom. The average molecular weight is 359 g/mol. The number of benzene rings is 2. The maximum Gasteiger partial charge on any atom is 0.330 e. The summed E-state index contributed by atoms with van der Waals surface area (Å²) in [6.07, 6.45) is 0. The summed E-state index contributed by atoms with van der Waals surface area (Å²) in [6, 6.07) is 9.94. The summed E-state index contributed by atoms with van der Waals surface area (Å²) < 4.78 is 14.0. The van der Waals surface area contributed by atoms with Gasteiger partial charge < -0.3 is 10.4 Å². The summed E-state index contributed by atoms with van der Waals surface area (Å²) >= 11 is 9.00. The van der Waals surface area contributed by atoms with Gasteiger partial charge in [-0.05, 0) is 35.9 Å². The van der Waals surface area contributed by atoms with E-state index in [1.807, 2.05) is 6.07 Å². The molecular formula is C14H10BrClFNO2. The third-order valence-electron chi connectivity index (χ3n) is 2.66. The summed E-state index contributed by atoms with van der Waals surface area (Å²) in [6.45, 7) is 0. The van der Waals surface area contributed by atoms with Crippen LogP contribution >= 0.6 is 27.5 Å². The van der Waals surface area contributed by atoms with Crippen LogP contribution in [0.25, 0.3) is 0 Å². The molecule has 0 amide bonds. The zero-order valence-electron chi connectivity index (χ0n) is 10.1. The van der Waals surface area contributed by atoms with E-state index in [1.165, 1.54) is 12.1 Å². The Hall–Kier alpha value is -1.59. The number of hydrogen-bond donors (Lipinski definition) is 2. The van der Waals surface area contributed by atoms with Crippen molar-refractivity contribution in [3.05, 3.63) is 63.3 Å². The van der Waals surface area contributed by atoms with Crippen molar-refractivity contribution in [1.29, 1.82) is 0 Å². The smallest absolute Gasteiger partial charge is 0.330 e. The van der Waals surface area contributed by atoms with E-state index in [0.717, 1.165) is 10.5 Å². The SMILES string of the molecule is O=C(O)C(Nc1cccc(Br)c1)c1ccc(F)c(Cl)c1. The maximum atomic E-state index is 13.1. The topological polar surface area (TPSA) is 49.3 Å². The van der Waals surface area contributed by atoms with Crippen LogP contribution in [-0.2, 0) is 4.79 Å². The molecule has 0 spiro atoms. The van der Waals surface area contributed by atoms with Crippen LogP contribution in [0.4, 0.5) is 10.1 Å². The number of hydrogen-bond acceptors (Lipinski definition) is 2. The van der Waals surface area contributed by atoms with E-state index >= 15 is 0 Å². The van der Waals surface area contributed by atoms with Crippen molar-refractivity contribution >= 4 is 39.2 Å². The van der Waals surface area contributed by atoms with Crippen molar-refractivity contribution in [2.75, 3.05) is 5.32 Å². The third kappa shape index (κ3) is 3.49. The van der Waals surface area contributed by atoms with Gasteiger partial charge in [-0.1, -0.05) is 39.7 Å². The highest BCUT2D eigenvalue weighted by molar-refractivity contribution is 9.10. The van der Waals surface area contributed by atoms with Gasteiger partial charge in [0.15, 0.2) is 6.04 Å². The van der Waals surface area contributed by atoms with Gasteiger partial charge in [0.1, 0.15) is 5.82 Å². The Labute approximate surface area is 128 Å². The highest BCUT2D eigenvalue weighted by Gasteiger charge is 2.20. The summed E-state index contributed by atoms with van der Waals surface area (Å²) in [7, 11) is 0. The molecule has 3 nitrogen and oxygen atoms in total. The monoisotopic (exact) mass is 357 g/mol. The molecule has 0 radical (unpaired) electrons. The Bertz CT molecular complexity index is 651. The number of carboxylic acid groups (broad SMARTS) is 1. The van der Waals surface area contributed by atoms with E-state index in [4.69, 9.17) is 11.6 Å². The molecule has 104 valence electrons. The zero-order chi connectivity index (χ0) is 14.7. The quantitative estimate of drug-likeness (QED) is 0.847. The lowest BCUT2D eigenvalue weighted by Crippen LogP contribution is -2.20. The molecule has 2 aromatic carbocycles. The first-order valence-corrected chi connectivity index (χ1v) is 6.84. The van der Waals surface area contributed by atoms with Gasteiger partial charge in [-0.25, -0.2) is 9.18 Å². The molecule has 0 aromatic heterocycles. The molecule has 0 aliphatic heterocycles. The van der Waals surface area contributed by atoms with Crippen LogP contribution in [0, 0.1) is 5.82 Å². The first kappa shape index (κ1) is 14.8. The minimum Gasteiger partial charge on any atom is -0.479 e. The molecule has 2 rings (SSSR count). The molecule has 0 saturated heterocycles. The second-order valence-electron chi connectivity index (χ2n) is 4.10. The Kier molecular flexibility index (Phi) is 4.62. The first-order chi connectivity index (χ1) is 9.47. The normalized spacial score (nSPS) is 11.9. The lowest BCUT2D eigenvalue weighted by atomic mass is 10.1. The third-order valence-corrected chi connectivity index (χ3v) is 3.44. The molecule has 1 unspecified atom stereocenters. The number of halogens is 3. The molecule has 0 heterocycles. The van der Waals surface area contributed by atoms with E-state index in [2.05, 4.69) is 21.2 Å². The summed E-state index contributed by atoms with van der Waals surface area (Å²) in [5, 5.41) is 12.1. The lowest BCUT2D eigenvalue weighted by molar-refractivity contribution is -0.138. The van der Waals surface area contributed by atoms with Crippen molar-refractivity contribution in [3.8, 4) is 0 Å². The second kappa shape index (κ2) is 6.24. The fraction of sp³-hybridized carbons (Fsp3) is 0.0714. The summed E-state index contributed by atoms with van der Waals surface area (Å²) in [5.74, 6) is -1.66. The standard InChI is InChI=1S/C14H10BrClFNO2/c15-9-2-1-3-10(7-9)18-13(14(19)20)8-4-5-12(17)11(16)6-8/h1-7,13,18H,(H,19,20). The Balaban J connectivity index is 2.32. The number of nitrogens with one attached hydrogen (secondary N) is 1. The van der Waals surface area contributed by atoms with Crippen LogP contribution in [0.1, 0.15) is 11.6 Å². The summed E-state index contributed by atoms with van der Waals surface area (Å²) in [5.41, 5.74) is 1.01. The molecule has 6 heteroatoms. The number of rotatable bonds is 4. The number of anilines is 1. The van der Waals surface area contributed by atoms with Crippen molar-refractivity contribution in [3.63, 3.8) is 0 Å². The van der Waals surface area contributed by atoms with Gasteiger partial charge in [-0.15, -0.1) is 0 Å². The van der Waals surface area contributed by atoms with Crippen molar-refractivity contribution in [2.24, 2.45) is 0 Å². The van der Waals surface area contributed by atoms with Gasteiger partial charge in [0.05, 0.1) is 5.02 Å². The van der Waals surface area contributed by atoms with Crippen LogP contribution in [0.5, 0.6) is 0 Å². The maximum absolute atomic E-state index is 13.1. The molecule has 0 bridgehead atoms. The molecule has 2 aromatic rings. The molecule has 20 heavy (non-hydrogen) atoms. The molecular weight excluding hydrogens is 349 g/mol. The zero-order valence-corrected chi connectivity index (χ0v) is 12.5. The van der Waals surface area contributed by atoms with E-state index in [0.29, 0.717) is 11.3 Å². The predicted molar refractivity (Wildman–Crippen MR) is 79.6 cm³/mol.